The predicted molar refractivity (Wildman–Crippen MR) is 93.9 cm³/mol. The van der Waals surface area contributed by atoms with Crippen LogP contribution in [0.25, 0.3) is 0 Å². The van der Waals surface area contributed by atoms with E-state index in [9.17, 15) is 14.0 Å². The molecule has 0 radical (unpaired) electrons. The highest BCUT2D eigenvalue weighted by Gasteiger charge is 2.09. The number of methoxy groups -OCH3 is 1. The van der Waals surface area contributed by atoms with Crippen LogP contribution in [-0.2, 0) is 16.1 Å². The molecule has 7 heteroatoms. The fourth-order valence-electron chi connectivity index (χ4n) is 2.31. The zero-order chi connectivity index (χ0) is 18.9. The van der Waals surface area contributed by atoms with Gasteiger partial charge in [0, 0.05) is 19.2 Å². The van der Waals surface area contributed by atoms with Crippen molar-refractivity contribution in [3.05, 3.63) is 59.4 Å². The molecule has 2 N–H and O–H groups in total. The minimum Gasteiger partial charge on any atom is -0.494 e. The number of carbonyl (C=O) groups is 2. The summed E-state index contributed by atoms with van der Waals surface area (Å²) in [5.41, 5.74) is 1.14. The first-order chi connectivity index (χ1) is 12.5. The van der Waals surface area contributed by atoms with E-state index in [1.807, 2.05) is 0 Å². The van der Waals surface area contributed by atoms with E-state index < -0.39 is 5.97 Å². The van der Waals surface area contributed by atoms with E-state index in [1.54, 1.807) is 6.07 Å². The molecule has 0 bridgehead atoms. The standard InChI is InChI=1S/C19H20FNO5/c1-25-12-13-9-14(19(23)24)11-16(10-13)21-18(22)3-2-8-26-17-6-4-15(20)5-7-17/h4-7,9-11H,2-3,8,12H2,1H3,(H,21,22)(H,23,24). The number of aromatic carboxylic acids is 1. The number of carboxylic acids is 1. The first-order valence-electron chi connectivity index (χ1n) is 8.02. The van der Waals surface area contributed by atoms with Crippen LogP contribution in [0, 0.1) is 5.82 Å². The number of amides is 1. The normalized spacial score (nSPS) is 10.4. The van der Waals surface area contributed by atoms with Crippen LogP contribution in [0.15, 0.2) is 42.5 Å². The van der Waals surface area contributed by atoms with Gasteiger partial charge in [-0.1, -0.05) is 0 Å². The zero-order valence-corrected chi connectivity index (χ0v) is 14.3. The van der Waals surface area contributed by atoms with Gasteiger partial charge >= 0.3 is 5.97 Å². The Kier molecular flexibility index (Phi) is 7.11. The highest BCUT2D eigenvalue weighted by Crippen LogP contribution is 2.17. The van der Waals surface area contributed by atoms with Crippen molar-refractivity contribution in [1.29, 1.82) is 0 Å². The lowest BCUT2D eigenvalue weighted by Crippen LogP contribution is -2.14. The summed E-state index contributed by atoms with van der Waals surface area (Å²) < 4.78 is 23.2. The minimum atomic E-state index is -1.08. The van der Waals surface area contributed by atoms with Crippen molar-refractivity contribution in [3.63, 3.8) is 0 Å². The molecule has 2 rings (SSSR count). The smallest absolute Gasteiger partial charge is 0.335 e. The SMILES string of the molecule is COCc1cc(NC(=O)CCCOc2ccc(F)cc2)cc(C(=O)O)c1. The Hall–Kier alpha value is -2.93. The maximum absolute atomic E-state index is 12.8. The van der Waals surface area contributed by atoms with Gasteiger partial charge in [0.15, 0.2) is 0 Å². The third kappa shape index (κ3) is 6.18. The van der Waals surface area contributed by atoms with Gasteiger partial charge in [0.25, 0.3) is 0 Å². The largest absolute Gasteiger partial charge is 0.494 e. The minimum absolute atomic E-state index is 0.0782. The molecule has 26 heavy (non-hydrogen) atoms. The van der Waals surface area contributed by atoms with Gasteiger partial charge in [-0.15, -0.1) is 0 Å². The summed E-state index contributed by atoms with van der Waals surface area (Å²) in [7, 11) is 1.51. The van der Waals surface area contributed by atoms with Gasteiger partial charge in [-0.25, -0.2) is 9.18 Å². The van der Waals surface area contributed by atoms with Crippen molar-refractivity contribution in [2.45, 2.75) is 19.4 Å². The van der Waals surface area contributed by atoms with Crippen LogP contribution in [0.3, 0.4) is 0 Å². The van der Waals surface area contributed by atoms with Gasteiger partial charge in [-0.3, -0.25) is 4.79 Å². The number of ether oxygens (including phenoxy) is 2. The van der Waals surface area contributed by atoms with Crippen LogP contribution < -0.4 is 10.1 Å². The molecule has 0 aliphatic heterocycles. The summed E-state index contributed by atoms with van der Waals surface area (Å²) in [5.74, 6) is -1.14. The quantitative estimate of drug-likeness (QED) is 0.668. The summed E-state index contributed by atoms with van der Waals surface area (Å²) >= 11 is 0. The summed E-state index contributed by atoms with van der Waals surface area (Å²) in [6, 6.07) is 10.2. The van der Waals surface area contributed by atoms with E-state index in [4.69, 9.17) is 14.6 Å². The predicted octanol–water partition coefficient (Wildman–Crippen LogP) is 3.47. The molecular weight excluding hydrogens is 341 g/mol. The molecule has 0 saturated carbocycles. The fourth-order valence-corrected chi connectivity index (χ4v) is 2.31. The molecule has 0 spiro atoms. The number of anilines is 1. The third-order valence-corrected chi connectivity index (χ3v) is 3.47. The second kappa shape index (κ2) is 9.53. The number of halogens is 1. The zero-order valence-electron chi connectivity index (χ0n) is 14.3. The highest BCUT2D eigenvalue weighted by atomic mass is 19.1. The van der Waals surface area contributed by atoms with Crippen molar-refractivity contribution >= 4 is 17.6 Å². The van der Waals surface area contributed by atoms with E-state index in [0.717, 1.165) is 0 Å². The monoisotopic (exact) mass is 361 g/mol. The topological polar surface area (TPSA) is 84.9 Å². The summed E-state index contributed by atoms with van der Waals surface area (Å²) in [5, 5.41) is 11.8. The van der Waals surface area contributed by atoms with Crippen molar-refractivity contribution in [2.24, 2.45) is 0 Å². The molecule has 6 nitrogen and oxygen atoms in total. The summed E-state index contributed by atoms with van der Waals surface area (Å²) in [6.07, 6.45) is 0.671. The highest BCUT2D eigenvalue weighted by molar-refractivity contribution is 5.94. The number of hydrogen-bond acceptors (Lipinski definition) is 4. The Morgan fingerprint density at radius 1 is 1.15 bits per heavy atom. The Labute approximate surface area is 150 Å². The Morgan fingerprint density at radius 2 is 1.88 bits per heavy atom. The Morgan fingerprint density at radius 3 is 2.54 bits per heavy atom. The first kappa shape index (κ1) is 19.4. The number of rotatable bonds is 9. The number of benzene rings is 2. The molecule has 0 aromatic heterocycles. The summed E-state index contributed by atoms with van der Waals surface area (Å²) in [6.45, 7) is 0.554. The van der Waals surface area contributed by atoms with Crippen LogP contribution in [0.2, 0.25) is 0 Å². The fraction of sp³-hybridized carbons (Fsp3) is 0.263. The number of carbonyl (C=O) groups excluding carboxylic acids is 1. The molecule has 2 aromatic carbocycles. The molecule has 0 aliphatic rings. The average Bonchev–Trinajstić information content (AvgIpc) is 2.60. The van der Waals surface area contributed by atoms with Crippen LogP contribution in [-0.4, -0.2) is 30.7 Å². The second-order valence-electron chi connectivity index (χ2n) is 5.61. The lowest BCUT2D eigenvalue weighted by molar-refractivity contribution is -0.116. The molecule has 0 unspecified atom stereocenters. The van der Waals surface area contributed by atoms with E-state index in [2.05, 4.69) is 5.32 Å². The molecule has 0 fully saturated rings. The molecule has 138 valence electrons. The van der Waals surface area contributed by atoms with Gasteiger partial charge in [-0.2, -0.15) is 0 Å². The van der Waals surface area contributed by atoms with Crippen LogP contribution in [0.4, 0.5) is 10.1 Å². The van der Waals surface area contributed by atoms with Gasteiger partial charge < -0.3 is 19.9 Å². The van der Waals surface area contributed by atoms with Gasteiger partial charge in [0.05, 0.1) is 18.8 Å². The lowest BCUT2D eigenvalue weighted by Gasteiger charge is -2.10. The maximum Gasteiger partial charge on any atom is 0.335 e. The maximum atomic E-state index is 12.8. The molecule has 0 aliphatic carbocycles. The molecule has 0 heterocycles. The van der Waals surface area contributed by atoms with Gasteiger partial charge in [0.2, 0.25) is 5.91 Å². The van der Waals surface area contributed by atoms with Crippen molar-refractivity contribution in [1.82, 2.24) is 0 Å². The molecule has 0 saturated heterocycles. The number of carboxylic acid groups (broad SMARTS) is 1. The van der Waals surface area contributed by atoms with Gasteiger partial charge in [-0.05, 0) is 54.4 Å². The van der Waals surface area contributed by atoms with Crippen molar-refractivity contribution in [2.75, 3.05) is 19.0 Å². The van der Waals surface area contributed by atoms with Crippen LogP contribution in [0.5, 0.6) is 5.75 Å². The van der Waals surface area contributed by atoms with E-state index in [-0.39, 0.29) is 30.3 Å². The average molecular weight is 361 g/mol. The van der Waals surface area contributed by atoms with Crippen LogP contribution in [0.1, 0.15) is 28.8 Å². The first-order valence-corrected chi connectivity index (χ1v) is 8.02. The van der Waals surface area contributed by atoms with E-state index in [0.29, 0.717) is 30.0 Å². The van der Waals surface area contributed by atoms with E-state index >= 15 is 0 Å². The summed E-state index contributed by atoms with van der Waals surface area (Å²) in [4.78, 5) is 23.2. The van der Waals surface area contributed by atoms with Crippen molar-refractivity contribution in [3.8, 4) is 5.75 Å². The molecule has 1 amide bonds. The Bertz CT molecular complexity index is 761. The number of hydrogen-bond donors (Lipinski definition) is 2. The molecule has 2 aromatic rings. The second-order valence-corrected chi connectivity index (χ2v) is 5.61. The lowest BCUT2D eigenvalue weighted by atomic mass is 10.1. The van der Waals surface area contributed by atoms with E-state index in [1.165, 1.54) is 43.5 Å². The molecular formula is C19H20FNO5. The third-order valence-electron chi connectivity index (χ3n) is 3.47. The van der Waals surface area contributed by atoms with Gasteiger partial charge in [0.1, 0.15) is 11.6 Å². The molecule has 0 atom stereocenters. The van der Waals surface area contributed by atoms with Crippen LogP contribution >= 0.6 is 0 Å². The number of nitrogens with one attached hydrogen (secondary N) is 1. The van der Waals surface area contributed by atoms with Crippen molar-refractivity contribution < 1.29 is 28.6 Å². The Balaban J connectivity index is 1.84.